The molecule has 2 aliphatic carbocycles. The fourth-order valence-electron chi connectivity index (χ4n) is 3.19. The minimum Gasteiger partial charge on any atom is -0.461 e. The van der Waals surface area contributed by atoms with Gasteiger partial charge in [0.05, 0.1) is 16.9 Å². The molecule has 0 N–H and O–H groups in total. The van der Waals surface area contributed by atoms with Gasteiger partial charge in [0.2, 0.25) is 0 Å². The van der Waals surface area contributed by atoms with E-state index in [9.17, 15) is 9.59 Å². The van der Waals surface area contributed by atoms with Gasteiger partial charge in [0.15, 0.2) is 4.33 Å². The predicted octanol–water partition coefficient (Wildman–Crippen LogP) is 4.55. The molecule has 4 nitrogen and oxygen atoms in total. The Kier molecular flexibility index (Phi) is 6.44. The highest BCUT2D eigenvalue weighted by molar-refractivity contribution is 6.60. The van der Waals surface area contributed by atoms with E-state index in [-0.39, 0.29) is 29.7 Å². The van der Waals surface area contributed by atoms with Crippen molar-refractivity contribution in [2.45, 2.75) is 15.6 Å². The molecule has 2 bridgehead atoms. The van der Waals surface area contributed by atoms with Crippen molar-refractivity contribution in [1.29, 1.82) is 0 Å². The first-order chi connectivity index (χ1) is 11.6. The number of carbonyl (C=O) groups is 2. The predicted molar refractivity (Wildman–Crippen MR) is 99.2 cm³/mol. The Morgan fingerprint density at radius 1 is 1.08 bits per heavy atom. The molecule has 0 saturated heterocycles. The van der Waals surface area contributed by atoms with Crippen LogP contribution in [0.2, 0.25) is 0 Å². The monoisotopic (exact) mass is 446 g/mol. The van der Waals surface area contributed by atoms with Crippen LogP contribution in [0.4, 0.5) is 0 Å². The molecule has 0 aromatic rings. The van der Waals surface area contributed by atoms with Crippen LogP contribution in [0, 0.1) is 17.8 Å². The highest BCUT2D eigenvalue weighted by Gasteiger charge is 2.73. The van der Waals surface area contributed by atoms with Gasteiger partial charge < -0.3 is 9.47 Å². The third kappa shape index (κ3) is 3.21. The molecular formula is C16H15Cl5O4. The Balaban J connectivity index is 2.50. The van der Waals surface area contributed by atoms with Gasteiger partial charge in [0.1, 0.15) is 18.1 Å². The summed E-state index contributed by atoms with van der Waals surface area (Å²) in [7, 11) is 0. The minimum absolute atomic E-state index is 0.0223. The number of esters is 2. The van der Waals surface area contributed by atoms with Crippen LogP contribution >= 0.6 is 58.0 Å². The van der Waals surface area contributed by atoms with Crippen LogP contribution in [0.15, 0.2) is 35.4 Å². The van der Waals surface area contributed by atoms with Gasteiger partial charge in [0, 0.05) is 11.0 Å². The maximum absolute atomic E-state index is 12.7. The zero-order valence-electron chi connectivity index (χ0n) is 12.9. The molecule has 1 saturated carbocycles. The van der Waals surface area contributed by atoms with Crippen LogP contribution in [-0.4, -0.2) is 34.4 Å². The van der Waals surface area contributed by atoms with Gasteiger partial charge in [-0.1, -0.05) is 71.7 Å². The maximum Gasteiger partial charge on any atom is 0.312 e. The fourth-order valence-corrected chi connectivity index (χ4v) is 5.54. The van der Waals surface area contributed by atoms with Crippen LogP contribution < -0.4 is 0 Å². The molecule has 1 fully saturated rings. The number of ether oxygens (including phenoxy) is 2. The van der Waals surface area contributed by atoms with E-state index in [0.717, 1.165) is 0 Å². The standard InChI is InChI=1S/C16H15Cl5O4/c1-3-5-24-13(22)8-7-9-11(17)12(18)15(19,16(9,20)21)10(8)14(23)25-6-4-2/h3-4,8-10H,1-2,5-7H2. The zero-order chi connectivity index (χ0) is 19.0. The summed E-state index contributed by atoms with van der Waals surface area (Å²) < 4.78 is 8.50. The smallest absolute Gasteiger partial charge is 0.312 e. The maximum atomic E-state index is 12.7. The molecule has 0 aromatic carbocycles. The lowest BCUT2D eigenvalue weighted by atomic mass is 9.70. The van der Waals surface area contributed by atoms with E-state index in [1.54, 1.807) is 0 Å². The van der Waals surface area contributed by atoms with E-state index < -0.39 is 38.9 Å². The second-order valence-corrected chi connectivity index (χ2v) is 8.47. The second kappa shape index (κ2) is 7.69. The summed E-state index contributed by atoms with van der Waals surface area (Å²) in [5.41, 5.74) is 0. The number of halogens is 5. The largest absolute Gasteiger partial charge is 0.461 e. The molecule has 0 aromatic heterocycles. The number of hydrogen-bond acceptors (Lipinski definition) is 4. The van der Waals surface area contributed by atoms with Gasteiger partial charge in [-0.15, -0.1) is 11.6 Å². The number of carbonyl (C=O) groups excluding carboxylic acids is 2. The SMILES string of the molecule is C=CCOC(=O)C1CC2C(Cl)=C(Cl)C(Cl)(C1C(=O)OCC=C)C2(Cl)Cl. The average molecular weight is 449 g/mol. The van der Waals surface area contributed by atoms with Crippen LogP contribution in [0.25, 0.3) is 0 Å². The van der Waals surface area contributed by atoms with Crippen LogP contribution in [0.3, 0.4) is 0 Å². The summed E-state index contributed by atoms with van der Waals surface area (Å²) in [6, 6.07) is 0. The Bertz CT molecular complexity index is 644. The Labute approximate surface area is 170 Å². The molecule has 0 spiro atoms. The quantitative estimate of drug-likeness (QED) is 0.340. The van der Waals surface area contributed by atoms with E-state index in [1.807, 2.05) is 0 Å². The van der Waals surface area contributed by atoms with E-state index in [1.165, 1.54) is 12.2 Å². The third-order valence-electron chi connectivity index (χ3n) is 4.32. The molecular weight excluding hydrogens is 433 g/mol. The first kappa shape index (κ1) is 20.9. The second-order valence-electron chi connectivity index (χ2n) is 5.71. The lowest BCUT2D eigenvalue weighted by Gasteiger charge is -2.47. The number of fused-ring (bicyclic) bond motifs is 2. The molecule has 9 heteroatoms. The van der Waals surface area contributed by atoms with Crippen molar-refractivity contribution < 1.29 is 19.1 Å². The van der Waals surface area contributed by atoms with Crippen molar-refractivity contribution in [2.75, 3.05) is 13.2 Å². The fraction of sp³-hybridized carbons (Fsp3) is 0.500. The molecule has 0 heterocycles. The molecule has 0 amide bonds. The summed E-state index contributed by atoms with van der Waals surface area (Å²) in [5.74, 6) is -4.41. The molecule has 138 valence electrons. The Morgan fingerprint density at radius 2 is 1.60 bits per heavy atom. The Hall–Kier alpha value is -0.390. The summed E-state index contributed by atoms with van der Waals surface area (Å²) in [4.78, 5) is 23.3. The molecule has 0 radical (unpaired) electrons. The lowest BCUT2D eigenvalue weighted by molar-refractivity contribution is -0.163. The molecule has 2 rings (SSSR count). The number of rotatable bonds is 6. The van der Waals surface area contributed by atoms with E-state index in [4.69, 9.17) is 67.5 Å². The molecule has 4 atom stereocenters. The number of hydrogen-bond donors (Lipinski definition) is 0. The normalized spacial score (nSPS) is 32.9. The van der Waals surface area contributed by atoms with E-state index in [0.29, 0.717) is 0 Å². The summed E-state index contributed by atoms with van der Waals surface area (Å²) in [6.45, 7) is 6.85. The Morgan fingerprint density at radius 3 is 2.12 bits per heavy atom. The van der Waals surface area contributed by atoms with Crippen molar-refractivity contribution in [3.8, 4) is 0 Å². The molecule has 4 unspecified atom stereocenters. The van der Waals surface area contributed by atoms with Gasteiger partial charge in [-0.05, 0) is 6.42 Å². The van der Waals surface area contributed by atoms with E-state index in [2.05, 4.69) is 13.2 Å². The summed E-state index contributed by atoms with van der Waals surface area (Å²) >= 11 is 32.1. The zero-order valence-corrected chi connectivity index (χ0v) is 16.7. The minimum atomic E-state index is -1.81. The van der Waals surface area contributed by atoms with Crippen molar-refractivity contribution in [3.63, 3.8) is 0 Å². The van der Waals surface area contributed by atoms with Crippen molar-refractivity contribution in [1.82, 2.24) is 0 Å². The summed E-state index contributed by atoms with van der Waals surface area (Å²) in [5, 5.41) is 0.0626. The lowest BCUT2D eigenvalue weighted by Crippen LogP contribution is -2.59. The number of allylic oxidation sites excluding steroid dienone is 2. The van der Waals surface area contributed by atoms with Gasteiger partial charge in [-0.25, -0.2) is 0 Å². The molecule has 0 aliphatic heterocycles. The molecule has 2 aliphatic rings. The highest BCUT2D eigenvalue weighted by atomic mass is 35.5. The van der Waals surface area contributed by atoms with Crippen molar-refractivity contribution >= 4 is 69.9 Å². The topological polar surface area (TPSA) is 52.6 Å². The summed E-state index contributed by atoms with van der Waals surface area (Å²) in [6.07, 6.45) is 2.83. The number of alkyl halides is 3. The van der Waals surface area contributed by atoms with Crippen LogP contribution in [0.5, 0.6) is 0 Å². The first-order valence-corrected chi connectivity index (χ1v) is 9.20. The van der Waals surface area contributed by atoms with Crippen LogP contribution in [0.1, 0.15) is 6.42 Å². The van der Waals surface area contributed by atoms with E-state index >= 15 is 0 Å². The van der Waals surface area contributed by atoms with Gasteiger partial charge in [-0.2, -0.15) is 0 Å². The first-order valence-electron chi connectivity index (χ1n) is 7.31. The average Bonchev–Trinajstić information content (AvgIpc) is 2.65. The van der Waals surface area contributed by atoms with Crippen molar-refractivity contribution in [2.24, 2.45) is 17.8 Å². The highest BCUT2D eigenvalue weighted by Crippen LogP contribution is 2.68. The van der Waals surface area contributed by atoms with Crippen molar-refractivity contribution in [3.05, 3.63) is 35.4 Å². The molecule has 25 heavy (non-hydrogen) atoms. The van der Waals surface area contributed by atoms with Gasteiger partial charge >= 0.3 is 11.9 Å². The third-order valence-corrected chi connectivity index (χ3v) is 7.51. The van der Waals surface area contributed by atoms with Gasteiger partial charge in [0.25, 0.3) is 0 Å². The van der Waals surface area contributed by atoms with Gasteiger partial charge in [-0.3, -0.25) is 9.59 Å². The van der Waals surface area contributed by atoms with Crippen LogP contribution in [-0.2, 0) is 19.1 Å².